The maximum absolute atomic E-state index is 5.41. The molecule has 1 saturated heterocycles. The van der Waals surface area contributed by atoms with Crippen molar-refractivity contribution in [1.29, 1.82) is 0 Å². The number of hydrogen-bond acceptors (Lipinski definition) is 3. The SMILES string of the molecule is CN=C(NCc1cn[nH]c1C)N(C)CC1CCOC1.I. The summed E-state index contributed by atoms with van der Waals surface area (Å²) in [6.07, 6.45) is 2.99. The minimum Gasteiger partial charge on any atom is -0.381 e. The van der Waals surface area contributed by atoms with E-state index in [1.54, 1.807) is 0 Å². The third-order valence-electron chi connectivity index (χ3n) is 3.50. The number of aliphatic imine (C=N–C) groups is 1. The van der Waals surface area contributed by atoms with Crippen molar-refractivity contribution in [3.05, 3.63) is 17.5 Å². The Kier molecular flexibility index (Phi) is 7.28. The lowest BCUT2D eigenvalue weighted by atomic mass is 10.1. The highest BCUT2D eigenvalue weighted by atomic mass is 127. The molecule has 1 unspecified atom stereocenters. The Hall–Kier alpha value is -0.830. The van der Waals surface area contributed by atoms with Crippen molar-refractivity contribution in [2.75, 3.05) is 33.9 Å². The summed E-state index contributed by atoms with van der Waals surface area (Å²) in [6.45, 7) is 5.48. The second-order valence-corrected chi connectivity index (χ2v) is 5.03. The molecular weight excluding hydrogens is 369 g/mol. The van der Waals surface area contributed by atoms with Crippen molar-refractivity contribution in [3.8, 4) is 0 Å². The number of aryl methyl sites for hydroxylation is 1. The minimum absolute atomic E-state index is 0. The van der Waals surface area contributed by atoms with Crippen LogP contribution in [0, 0.1) is 12.8 Å². The van der Waals surface area contributed by atoms with E-state index >= 15 is 0 Å². The van der Waals surface area contributed by atoms with E-state index in [1.807, 2.05) is 20.2 Å². The average molecular weight is 393 g/mol. The topological polar surface area (TPSA) is 65.5 Å². The van der Waals surface area contributed by atoms with Gasteiger partial charge in [-0.15, -0.1) is 24.0 Å². The molecule has 1 aliphatic rings. The monoisotopic (exact) mass is 393 g/mol. The number of nitrogens with zero attached hydrogens (tertiary/aromatic N) is 3. The lowest BCUT2D eigenvalue weighted by Crippen LogP contribution is -2.41. The maximum atomic E-state index is 5.41. The number of aromatic nitrogens is 2. The van der Waals surface area contributed by atoms with Crippen molar-refractivity contribution in [1.82, 2.24) is 20.4 Å². The van der Waals surface area contributed by atoms with Gasteiger partial charge in [0.1, 0.15) is 0 Å². The Balaban J connectivity index is 0.00000200. The molecule has 20 heavy (non-hydrogen) atoms. The Labute approximate surface area is 137 Å². The zero-order valence-electron chi connectivity index (χ0n) is 12.3. The van der Waals surface area contributed by atoms with Gasteiger partial charge < -0.3 is 15.0 Å². The third-order valence-corrected chi connectivity index (χ3v) is 3.50. The first-order valence-corrected chi connectivity index (χ1v) is 6.69. The van der Waals surface area contributed by atoms with Gasteiger partial charge in [-0.25, -0.2) is 0 Å². The van der Waals surface area contributed by atoms with Crippen molar-refractivity contribution in [2.24, 2.45) is 10.9 Å². The van der Waals surface area contributed by atoms with Crippen molar-refractivity contribution >= 4 is 29.9 Å². The van der Waals surface area contributed by atoms with Gasteiger partial charge in [-0.2, -0.15) is 5.10 Å². The van der Waals surface area contributed by atoms with Crippen LogP contribution in [-0.2, 0) is 11.3 Å². The number of H-pyrrole nitrogens is 1. The Morgan fingerprint density at radius 1 is 1.65 bits per heavy atom. The number of halogens is 1. The van der Waals surface area contributed by atoms with Gasteiger partial charge in [-0.3, -0.25) is 10.1 Å². The van der Waals surface area contributed by atoms with E-state index in [1.165, 1.54) is 5.56 Å². The van der Waals surface area contributed by atoms with Crippen LogP contribution in [0.4, 0.5) is 0 Å². The molecule has 0 aliphatic carbocycles. The quantitative estimate of drug-likeness (QED) is 0.461. The minimum atomic E-state index is 0. The second-order valence-electron chi connectivity index (χ2n) is 5.03. The Morgan fingerprint density at radius 2 is 2.45 bits per heavy atom. The van der Waals surface area contributed by atoms with E-state index < -0.39 is 0 Å². The summed E-state index contributed by atoms with van der Waals surface area (Å²) in [5.41, 5.74) is 2.26. The lowest BCUT2D eigenvalue weighted by Gasteiger charge is -2.24. The highest BCUT2D eigenvalue weighted by Crippen LogP contribution is 2.13. The van der Waals surface area contributed by atoms with Gasteiger partial charge >= 0.3 is 0 Å². The maximum Gasteiger partial charge on any atom is 0.193 e. The molecule has 0 spiro atoms. The standard InChI is InChI=1S/C13H23N5O.HI/c1-10-12(7-16-17-10)6-15-13(14-2)18(3)8-11-4-5-19-9-11;/h7,11H,4-6,8-9H2,1-3H3,(H,14,15)(H,16,17);1H. The third kappa shape index (κ3) is 4.62. The number of rotatable bonds is 4. The molecule has 2 rings (SSSR count). The molecule has 0 aromatic carbocycles. The van der Waals surface area contributed by atoms with Crippen LogP contribution in [0.5, 0.6) is 0 Å². The van der Waals surface area contributed by atoms with Gasteiger partial charge in [0.2, 0.25) is 0 Å². The van der Waals surface area contributed by atoms with Crippen LogP contribution >= 0.6 is 24.0 Å². The highest BCUT2D eigenvalue weighted by molar-refractivity contribution is 14.0. The van der Waals surface area contributed by atoms with E-state index in [-0.39, 0.29) is 24.0 Å². The molecule has 0 radical (unpaired) electrons. The predicted octanol–water partition coefficient (Wildman–Crippen LogP) is 1.38. The smallest absolute Gasteiger partial charge is 0.193 e. The summed E-state index contributed by atoms with van der Waals surface area (Å²) in [4.78, 5) is 6.48. The molecule has 114 valence electrons. The lowest BCUT2D eigenvalue weighted by molar-refractivity contribution is 0.181. The van der Waals surface area contributed by atoms with Crippen LogP contribution in [0.2, 0.25) is 0 Å². The second kappa shape index (κ2) is 8.46. The molecule has 2 heterocycles. The van der Waals surface area contributed by atoms with Gasteiger partial charge in [0.05, 0.1) is 12.8 Å². The van der Waals surface area contributed by atoms with Crippen molar-refractivity contribution in [2.45, 2.75) is 19.9 Å². The van der Waals surface area contributed by atoms with Crippen LogP contribution in [0.25, 0.3) is 0 Å². The van der Waals surface area contributed by atoms with E-state index in [4.69, 9.17) is 4.74 Å². The first-order chi connectivity index (χ1) is 9.20. The summed E-state index contributed by atoms with van der Waals surface area (Å²) in [7, 11) is 3.88. The Bertz CT molecular complexity index is 428. The number of nitrogens with one attached hydrogen (secondary N) is 2. The van der Waals surface area contributed by atoms with E-state index in [9.17, 15) is 0 Å². The summed E-state index contributed by atoms with van der Waals surface area (Å²) in [5, 5.41) is 10.3. The normalized spacial score (nSPS) is 18.8. The molecule has 7 heteroatoms. The molecular formula is C13H24IN5O. The number of guanidine groups is 1. The van der Waals surface area contributed by atoms with Crippen molar-refractivity contribution in [3.63, 3.8) is 0 Å². The number of ether oxygens (including phenoxy) is 1. The van der Waals surface area contributed by atoms with Crippen LogP contribution in [-0.4, -0.2) is 54.9 Å². The fraction of sp³-hybridized carbons (Fsp3) is 0.692. The van der Waals surface area contributed by atoms with Crippen LogP contribution in [0.15, 0.2) is 11.2 Å². The van der Waals surface area contributed by atoms with E-state index in [0.29, 0.717) is 5.92 Å². The van der Waals surface area contributed by atoms with E-state index in [2.05, 4.69) is 32.5 Å². The van der Waals surface area contributed by atoms with Gasteiger partial charge in [0.15, 0.2) is 5.96 Å². The molecule has 0 amide bonds. The average Bonchev–Trinajstić information content (AvgIpc) is 3.02. The molecule has 1 aromatic rings. The fourth-order valence-corrected chi connectivity index (χ4v) is 2.31. The Morgan fingerprint density at radius 3 is 3.00 bits per heavy atom. The molecule has 0 bridgehead atoms. The van der Waals surface area contributed by atoms with Gasteiger partial charge in [-0.05, 0) is 13.3 Å². The summed E-state index contributed by atoms with van der Waals surface area (Å²) >= 11 is 0. The molecule has 1 atom stereocenters. The molecule has 1 fully saturated rings. The van der Waals surface area contributed by atoms with Crippen LogP contribution in [0.1, 0.15) is 17.7 Å². The zero-order valence-corrected chi connectivity index (χ0v) is 14.7. The summed E-state index contributed by atoms with van der Waals surface area (Å²) in [5.74, 6) is 1.52. The molecule has 2 N–H and O–H groups in total. The predicted molar refractivity (Wildman–Crippen MR) is 90.5 cm³/mol. The fourth-order valence-electron chi connectivity index (χ4n) is 2.31. The molecule has 1 aromatic heterocycles. The largest absolute Gasteiger partial charge is 0.381 e. The summed E-state index contributed by atoms with van der Waals surface area (Å²) in [6, 6.07) is 0. The first-order valence-electron chi connectivity index (χ1n) is 6.69. The van der Waals surface area contributed by atoms with Crippen LogP contribution < -0.4 is 5.32 Å². The number of hydrogen-bond donors (Lipinski definition) is 2. The highest BCUT2D eigenvalue weighted by Gasteiger charge is 2.19. The number of aromatic amines is 1. The first kappa shape index (κ1) is 17.2. The van der Waals surface area contributed by atoms with Crippen molar-refractivity contribution < 1.29 is 4.74 Å². The molecule has 6 nitrogen and oxygen atoms in total. The van der Waals surface area contributed by atoms with Gasteiger partial charge in [0, 0.05) is 51.0 Å². The van der Waals surface area contributed by atoms with Gasteiger partial charge in [-0.1, -0.05) is 0 Å². The summed E-state index contributed by atoms with van der Waals surface area (Å²) < 4.78 is 5.41. The van der Waals surface area contributed by atoms with Gasteiger partial charge in [0.25, 0.3) is 0 Å². The van der Waals surface area contributed by atoms with Crippen LogP contribution in [0.3, 0.4) is 0 Å². The molecule has 1 aliphatic heterocycles. The molecule has 0 saturated carbocycles. The zero-order chi connectivity index (χ0) is 13.7. The van der Waals surface area contributed by atoms with E-state index in [0.717, 1.165) is 44.4 Å².